The minimum Gasteiger partial charge on any atom is -0.277 e. The zero-order valence-corrected chi connectivity index (χ0v) is 10.9. The Hall–Kier alpha value is -1.62. The van der Waals surface area contributed by atoms with Crippen LogP contribution in [0.15, 0.2) is 29.2 Å². The van der Waals surface area contributed by atoms with Crippen molar-refractivity contribution in [3.63, 3.8) is 0 Å². The molecular formula is C13H12FNO2S. The molecule has 1 aromatic rings. The molecule has 2 rings (SSSR count). The third kappa shape index (κ3) is 2.06. The van der Waals surface area contributed by atoms with Gasteiger partial charge in [0.1, 0.15) is 5.82 Å². The molecule has 0 aliphatic carbocycles. The summed E-state index contributed by atoms with van der Waals surface area (Å²) < 4.78 is 12.9. The van der Waals surface area contributed by atoms with Gasteiger partial charge in [-0.2, -0.15) is 0 Å². The Morgan fingerprint density at radius 3 is 2.33 bits per heavy atom. The molecule has 1 aliphatic rings. The number of benzene rings is 1. The van der Waals surface area contributed by atoms with E-state index in [0.717, 1.165) is 4.90 Å². The van der Waals surface area contributed by atoms with Gasteiger partial charge in [0.2, 0.25) is 0 Å². The summed E-state index contributed by atoms with van der Waals surface area (Å²) in [7, 11) is 1.46. The average molecular weight is 265 g/mol. The number of nitrogens with zero attached hydrogens (tertiary/aromatic N) is 1. The molecule has 0 bridgehead atoms. The smallest absolute Gasteiger partial charge is 0.267 e. The van der Waals surface area contributed by atoms with E-state index in [9.17, 15) is 14.0 Å². The van der Waals surface area contributed by atoms with Gasteiger partial charge in [-0.15, -0.1) is 11.8 Å². The van der Waals surface area contributed by atoms with Crippen LogP contribution in [0.4, 0.5) is 4.39 Å². The van der Waals surface area contributed by atoms with Gasteiger partial charge in [0.15, 0.2) is 0 Å². The minimum absolute atomic E-state index is 0.286. The van der Waals surface area contributed by atoms with Crippen molar-refractivity contribution in [2.75, 3.05) is 12.8 Å². The number of halogens is 1. The maximum Gasteiger partial charge on any atom is 0.267 e. The second kappa shape index (κ2) is 4.94. The fraction of sp³-hybridized carbons (Fsp3) is 0.231. The highest BCUT2D eigenvalue weighted by Crippen LogP contribution is 2.35. The molecule has 0 unspecified atom stereocenters. The second-order valence-electron chi connectivity index (χ2n) is 3.81. The Bertz CT molecular complexity index is 536. The summed E-state index contributed by atoms with van der Waals surface area (Å²) in [6, 6.07) is 5.61. The molecule has 1 aromatic carbocycles. The van der Waals surface area contributed by atoms with E-state index in [0.29, 0.717) is 21.8 Å². The van der Waals surface area contributed by atoms with E-state index in [1.807, 2.05) is 6.92 Å². The van der Waals surface area contributed by atoms with E-state index in [1.165, 1.54) is 43.1 Å². The third-order valence-corrected chi connectivity index (χ3v) is 3.62. The predicted molar refractivity (Wildman–Crippen MR) is 69.2 cm³/mol. The lowest BCUT2D eigenvalue weighted by Gasteiger charge is -2.06. The van der Waals surface area contributed by atoms with Crippen molar-refractivity contribution in [3.05, 3.63) is 40.6 Å². The van der Waals surface area contributed by atoms with Crippen molar-refractivity contribution in [3.8, 4) is 0 Å². The van der Waals surface area contributed by atoms with E-state index >= 15 is 0 Å². The largest absolute Gasteiger partial charge is 0.277 e. The topological polar surface area (TPSA) is 37.4 Å². The zero-order chi connectivity index (χ0) is 13.3. The molecule has 0 fully saturated rings. The molecule has 1 aliphatic heterocycles. The zero-order valence-electron chi connectivity index (χ0n) is 10.1. The molecule has 0 radical (unpaired) electrons. The number of imide groups is 1. The summed E-state index contributed by atoms with van der Waals surface area (Å²) >= 11 is 1.34. The molecule has 1 heterocycles. The van der Waals surface area contributed by atoms with Crippen LogP contribution < -0.4 is 0 Å². The van der Waals surface area contributed by atoms with Gasteiger partial charge in [0.25, 0.3) is 11.8 Å². The number of rotatable bonds is 3. The molecule has 5 heteroatoms. The van der Waals surface area contributed by atoms with Crippen LogP contribution >= 0.6 is 11.8 Å². The molecule has 0 N–H and O–H groups in total. The summed E-state index contributed by atoms with van der Waals surface area (Å²) in [5.74, 6) is -0.282. The highest BCUT2D eigenvalue weighted by Gasteiger charge is 2.36. The SMILES string of the molecule is CCSC1=C(c2ccc(F)cc2)C(=O)N(C)C1=O. The van der Waals surface area contributed by atoms with Crippen molar-refractivity contribution in [2.45, 2.75) is 6.92 Å². The van der Waals surface area contributed by atoms with Crippen molar-refractivity contribution >= 4 is 29.1 Å². The number of carbonyl (C=O) groups excluding carboxylic acids is 2. The summed E-state index contributed by atoms with van der Waals surface area (Å²) in [4.78, 5) is 25.5. The molecule has 94 valence electrons. The average Bonchev–Trinajstić information content (AvgIpc) is 2.57. The van der Waals surface area contributed by atoms with Crippen molar-refractivity contribution in [2.24, 2.45) is 0 Å². The van der Waals surface area contributed by atoms with Crippen molar-refractivity contribution in [1.29, 1.82) is 0 Å². The van der Waals surface area contributed by atoms with Gasteiger partial charge >= 0.3 is 0 Å². The van der Waals surface area contributed by atoms with Gasteiger partial charge in [-0.3, -0.25) is 14.5 Å². The number of hydrogen-bond acceptors (Lipinski definition) is 3. The van der Waals surface area contributed by atoms with Gasteiger partial charge in [-0.25, -0.2) is 4.39 Å². The van der Waals surface area contributed by atoms with E-state index in [2.05, 4.69) is 0 Å². The van der Waals surface area contributed by atoms with Crippen LogP contribution in [0.25, 0.3) is 5.57 Å². The molecule has 2 amide bonds. The second-order valence-corrected chi connectivity index (χ2v) is 5.09. The van der Waals surface area contributed by atoms with Gasteiger partial charge in [0, 0.05) is 7.05 Å². The van der Waals surface area contributed by atoms with Crippen LogP contribution in [0.1, 0.15) is 12.5 Å². The number of hydrogen-bond donors (Lipinski definition) is 0. The minimum atomic E-state index is -0.367. The Morgan fingerprint density at radius 2 is 1.78 bits per heavy atom. The third-order valence-electron chi connectivity index (χ3n) is 2.67. The first-order valence-electron chi connectivity index (χ1n) is 5.51. The quantitative estimate of drug-likeness (QED) is 0.787. The molecule has 0 saturated carbocycles. The van der Waals surface area contributed by atoms with Crippen LogP contribution in [0, 0.1) is 5.82 Å². The van der Waals surface area contributed by atoms with Crippen LogP contribution in [0.2, 0.25) is 0 Å². The van der Waals surface area contributed by atoms with Gasteiger partial charge in [0.05, 0.1) is 10.5 Å². The summed E-state index contributed by atoms with van der Waals surface area (Å²) in [5.41, 5.74) is 0.949. The highest BCUT2D eigenvalue weighted by atomic mass is 32.2. The van der Waals surface area contributed by atoms with E-state index in [-0.39, 0.29) is 17.6 Å². The van der Waals surface area contributed by atoms with E-state index in [4.69, 9.17) is 0 Å². The fourth-order valence-corrected chi connectivity index (χ4v) is 2.66. The summed E-state index contributed by atoms with van der Waals surface area (Å²) in [6.45, 7) is 1.91. The predicted octanol–water partition coefficient (Wildman–Crippen LogP) is 2.29. The maximum atomic E-state index is 12.9. The maximum absolute atomic E-state index is 12.9. The number of likely N-dealkylation sites (N-methyl/N-ethyl adjacent to an activating group) is 1. The first-order chi connectivity index (χ1) is 8.56. The fourth-order valence-electron chi connectivity index (χ4n) is 1.77. The lowest BCUT2D eigenvalue weighted by atomic mass is 10.1. The lowest BCUT2D eigenvalue weighted by Crippen LogP contribution is -2.26. The molecule has 0 aromatic heterocycles. The molecular weight excluding hydrogens is 253 g/mol. The molecule has 18 heavy (non-hydrogen) atoms. The van der Waals surface area contributed by atoms with E-state index < -0.39 is 0 Å². The Morgan fingerprint density at radius 1 is 1.17 bits per heavy atom. The van der Waals surface area contributed by atoms with Gasteiger partial charge in [-0.05, 0) is 23.4 Å². The standard InChI is InChI=1S/C13H12FNO2S/c1-3-18-11-10(12(16)15(2)13(11)17)8-4-6-9(14)7-5-8/h4-7H,3H2,1-2H3. The van der Waals surface area contributed by atoms with Gasteiger partial charge < -0.3 is 0 Å². The van der Waals surface area contributed by atoms with Gasteiger partial charge in [-0.1, -0.05) is 19.1 Å². The first kappa shape index (κ1) is 12.8. The Kier molecular flexibility index (Phi) is 3.52. The monoisotopic (exact) mass is 265 g/mol. The summed E-state index contributed by atoms with van der Waals surface area (Å²) in [5, 5.41) is 0. The lowest BCUT2D eigenvalue weighted by molar-refractivity contribution is -0.134. The molecule has 0 saturated heterocycles. The van der Waals surface area contributed by atoms with E-state index in [1.54, 1.807) is 0 Å². The Balaban J connectivity index is 2.53. The van der Waals surface area contributed by atoms with Crippen molar-refractivity contribution < 1.29 is 14.0 Å². The molecule has 0 spiro atoms. The molecule has 3 nitrogen and oxygen atoms in total. The highest BCUT2D eigenvalue weighted by molar-refractivity contribution is 8.04. The number of carbonyl (C=O) groups is 2. The first-order valence-corrected chi connectivity index (χ1v) is 6.50. The number of amides is 2. The van der Waals surface area contributed by atoms with Crippen LogP contribution in [-0.2, 0) is 9.59 Å². The van der Waals surface area contributed by atoms with Crippen LogP contribution in [-0.4, -0.2) is 29.5 Å². The van der Waals surface area contributed by atoms with Crippen LogP contribution in [0.5, 0.6) is 0 Å². The molecule has 0 atom stereocenters. The Labute approximate surface area is 109 Å². The number of thioether (sulfide) groups is 1. The van der Waals surface area contributed by atoms with Crippen LogP contribution in [0.3, 0.4) is 0 Å². The summed E-state index contributed by atoms with van der Waals surface area (Å²) in [6.07, 6.45) is 0. The normalized spacial score (nSPS) is 15.8. The van der Waals surface area contributed by atoms with Crippen molar-refractivity contribution in [1.82, 2.24) is 4.90 Å².